The Morgan fingerprint density at radius 1 is 1.59 bits per heavy atom. The van der Waals surface area contributed by atoms with E-state index in [1.54, 1.807) is 0 Å². The minimum absolute atomic E-state index is 0.332. The fourth-order valence-electron chi connectivity index (χ4n) is 3.21. The van der Waals surface area contributed by atoms with Crippen molar-refractivity contribution in [3.63, 3.8) is 0 Å². The molecule has 1 fully saturated rings. The Morgan fingerprint density at radius 2 is 2.35 bits per heavy atom. The molecule has 2 unspecified atom stereocenters. The maximum atomic E-state index is 6.04. The maximum absolute atomic E-state index is 6.04. The van der Waals surface area contributed by atoms with Gasteiger partial charge in [-0.1, -0.05) is 20.3 Å². The van der Waals surface area contributed by atoms with Crippen LogP contribution in [0.25, 0.3) is 0 Å². The molecule has 3 heteroatoms. The molecule has 0 spiro atoms. The summed E-state index contributed by atoms with van der Waals surface area (Å²) >= 11 is 0. The first-order valence-electron chi connectivity index (χ1n) is 6.80. The molecular weight excluding hydrogens is 210 g/mol. The van der Waals surface area contributed by atoms with Gasteiger partial charge >= 0.3 is 0 Å². The van der Waals surface area contributed by atoms with E-state index in [1.165, 1.54) is 30.7 Å². The topological polar surface area (TPSA) is 43.8 Å². The molecule has 0 amide bonds. The second-order valence-corrected chi connectivity index (χ2v) is 5.83. The van der Waals surface area contributed by atoms with Crippen LogP contribution in [0, 0.1) is 11.3 Å². The summed E-state index contributed by atoms with van der Waals surface area (Å²) in [5.74, 6) is 0.831. The van der Waals surface area contributed by atoms with E-state index < -0.39 is 0 Å². The van der Waals surface area contributed by atoms with Gasteiger partial charge in [0.2, 0.25) is 0 Å². The lowest BCUT2D eigenvalue weighted by Crippen LogP contribution is -2.31. The van der Waals surface area contributed by atoms with Gasteiger partial charge in [-0.15, -0.1) is 0 Å². The summed E-state index contributed by atoms with van der Waals surface area (Å²) in [4.78, 5) is 0. The maximum Gasteiger partial charge on any atom is 0.0624 e. The average molecular weight is 235 g/mol. The van der Waals surface area contributed by atoms with Gasteiger partial charge in [0.25, 0.3) is 0 Å². The number of nitrogens with zero attached hydrogens (tertiary/aromatic N) is 2. The molecule has 2 rings (SSSR count). The summed E-state index contributed by atoms with van der Waals surface area (Å²) in [6.07, 6.45) is 5.99. The van der Waals surface area contributed by atoms with E-state index in [0.717, 1.165) is 25.3 Å². The predicted molar refractivity (Wildman–Crippen MR) is 70.8 cm³/mol. The second kappa shape index (κ2) is 4.81. The largest absolute Gasteiger partial charge is 0.330 e. The van der Waals surface area contributed by atoms with Gasteiger partial charge in [-0.3, -0.25) is 4.68 Å². The van der Waals surface area contributed by atoms with Gasteiger partial charge < -0.3 is 5.73 Å². The minimum atomic E-state index is 0.332. The van der Waals surface area contributed by atoms with E-state index in [2.05, 4.69) is 32.1 Å². The lowest BCUT2D eigenvalue weighted by Gasteiger charge is -2.27. The molecule has 0 aromatic carbocycles. The first-order chi connectivity index (χ1) is 8.08. The van der Waals surface area contributed by atoms with Gasteiger partial charge in [0.05, 0.1) is 5.69 Å². The van der Waals surface area contributed by atoms with E-state index in [4.69, 9.17) is 5.73 Å². The highest BCUT2D eigenvalue weighted by Crippen LogP contribution is 2.43. The van der Waals surface area contributed by atoms with Crippen LogP contribution < -0.4 is 5.73 Å². The van der Waals surface area contributed by atoms with Crippen LogP contribution in [-0.4, -0.2) is 16.3 Å². The van der Waals surface area contributed by atoms with Crippen LogP contribution in [0.1, 0.15) is 44.5 Å². The highest BCUT2D eigenvalue weighted by Gasteiger charge is 2.36. The van der Waals surface area contributed by atoms with E-state index >= 15 is 0 Å². The van der Waals surface area contributed by atoms with Crippen LogP contribution in [0.15, 0.2) is 6.07 Å². The molecule has 1 aliphatic carbocycles. The standard InChI is InChI=1S/C14H25N3/c1-4-12-7-13(17(3)16-12)9-14(10-15)6-5-11(2)8-14/h7,11H,4-6,8-10,15H2,1-3H3. The van der Waals surface area contributed by atoms with Crippen molar-refractivity contribution < 1.29 is 0 Å². The Kier molecular flexibility index (Phi) is 3.57. The number of rotatable bonds is 4. The summed E-state index contributed by atoms with van der Waals surface area (Å²) in [5.41, 5.74) is 8.91. The minimum Gasteiger partial charge on any atom is -0.330 e. The average Bonchev–Trinajstić information content (AvgIpc) is 2.85. The van der Waals surface area contributed by atoms with Gasteiger partial charge in [0, 0.05) is 12.7 Å². The van der Waals surface area contributed by atoms with Gasteiger partial charge in [-0.25, -0.2) is 0 Å². The van der Waals surface area contributed by atoms with Crippen LogP contribution in [0.3, 0.4) is 0 Å². The first-order valence-corrected chi connectivity index (χ1v) is 6.80. The molecule has 96 valence electrons. The molecule has 3 nitrogen and oxygen atoms in total. The molecule has 1 saturated carbocycles. The fraction of sp³-hybridized carbons (Fsp3) is 0.786. The van der Waals surface area contributed by atoms with Crippen molar-refractivity contribution in [2.24, 2.45) is 24.1 Å². The van der Waals surface area contributed by atoms with Crippen molar-refractivity contribution in [2.45, 2.75) is 46.0 Å². The van der Waals surface area contributed by atoms with Crippen LogP contribution in [0.5, 0.6) is 0 Å². The van der Waals surface area contributed by atoms with E-state index in [9.17, 15) is 0 Å². The molecule has 2 atom stereocenters. The van der Waals surface area contributed by atoms with Crippen molar-refractivity contribution in [2.75, 3.05) is 6.54 Å². The number of hydrogen-bond acceptors (Lipinski definition) is 2. The highest BCUT2D eigenvalue weighted by molar-refractivity contribution is 5.13. The van der Waals surface area contributed by atoms with Gasteiger partial charge in [0.1, 0.15) is 0 Å². The van der Waals surface area contributed by atoms with E-state index in [0.29, 0.717) is 5.41 Å². The predicted octanol–water partition coefficient (Wildman–Crippen LogP) is 2.29. The monoisotopic (exact) mass is 235 g/mol. The van der Waals surface area contributed by atoms with Crippen LogP contribution in [0.4, 0.5) is 0 Å². The third-order valence-electron chi connectivity index (χ3n) is 4.33. The smallest absolute Gasteiger partial charge is 0.0624 e. The number of aromatic nitrogens is 2. The molecule has 17 heavy (non-hydrogen) atoms. The van der Waals surface area contributed by atoms with E-state index in [1.807, 2.05) is 4.68 Å². The lowest BCUT2D eigenvalue weighted by atomic mass is 9.81. The van der Waals surface area contributed by atoms with Gasteiger partial charge in [-0.05, 0) is 49.6 Å². The highest BCUT2D eigenvalue weighted by atomic mass is 15.3. The first kappa shape index (κ1) is 12.6. The quantitative estimate of drug-likeness (QED) is 0.870. The summed E-state index contributed by atoms with van der Waals surface area (Å²) in [6, 6.07) is 2.25. The molecule has 1 aromatic rings. The van der Waals surface area contributed by atoms with E-state index in [-0.39, 0.29) is 0 Å². The van der Waals surface area contributed by atoms with Crippen LogP contribution >= 0.6 is 0 Å². The Morgan fingerprint density at radius 3 is 2.82 bits per heavy atom. The van der Waals surface area contributed by atoms with Crippen molar-refractivity contribution in [1.82, 2.24) is 9.78 Å². The third kappa shape index (κ3) is 2.54. The van der Waals surface area contributed by atoms with Crippen molar-refractivity contribution >= 4 is 0 Å². The summed E-state index contributed by atoms with van der Waals surface area (Å²) in [5, 5.41) is 4.53. The molecule has 0 aliphatic heterocycles. The van der Waals surface area contributed by atoms with Crippen molar-refractivity contribution in [3.8, 4) is 0 Å². The molecule has 0 radical (unpaired) electrons. The SMILES string of the molecule is CCc1cc(CC2(CN)CCC(C)C2)n(C)n1. The molecule has 2 N–H and O–H groups in total. The molecular formula is C14H25N3. The Hall–Kier alpha value is -0.830. The fourth-order valence-corrected chi connectivity index (χ4v) is 3.21. The Balaban J connectivity index is 2.15. The number of nitrogens with two attached hydrogens (primary N) is 1. The Bertz CT molecular complexity index is 383. The zero-order chi connectivity index (χ0) is 12.5. The normalized spacial score (nSPS) is 28.8. The summed E-state index contributed by atoms with van der Waals surface area (Å²) in [6.45, 7) is 5.31. The third-order valence-corrected chi connectivity index (χ3v) is 4.33. The molecule has 1 aromatic heterocycles. The Labute approximate surface area is 104 Å². The second-order valence-electron chi connectivity index (χ2n) is 5.83. The van der Waals surface area contributed by atoms with Crippen molar-refractivity contribution in [3.05, 3.63) is 17.5 Å². The number of hydrogen-bond donors (Lipinski definition) is 1. The molecule has 1 aliphatic rings. The molecule has 1 heterocycles. The summed E-state index contributed by atoms with van der Waals surface area (Å²) < 4.78 is 2.04. The molecule has 0 bridgehead atoms. The zero-order valence-electron chi connectivity index (χ0n) is 11.4. The number of aryl methyl sites for hydroxylation is 2. The molecule has 0 saturated heterocycles. The lowest BCUT2D eigenvalue weighted by molar-refractivity contribution is 0.289. The zero-order valence-corrected chi connectivity index (χ0v) is 11.4. The van der Waals surface area contributed by atoms with Crippen LogP contribution in [0.2, 0.25) is 0 Å². The van der Waals surface area contributed by atoms with Gasteiger partial charge in [-0.2, -0.15) is 5.10 Å². The summed E-state index contributed by atoms with van der Waals surface area (Å²) in [7, 11) is 2.05. The van der Waals surface area contributed by atoms with Crippen LogP contribution in [-0.2, 0) is 19.9 Å². The van der Waals surface area contributed by atoms with Crippen molar-refractivity contribution in [1.29, 1.82) is 0 Å². The van der Waals surface area contributed by atoms with Gasteiger partial charge in [0.15, 0.2) is 0 Å².